The molecule has 0 fully saturated rings. The van der Waals surface area contributed by atoms with E-state index in [-0.39, 0.29) is 6.04 Å². The topological polar surface area (TPSA) is 38.1 Å². The van der Waals surface area contributed by atoms with Crippen LogP contribution >= 0.6 is 0 Å². The fourth-order valence-corrected chi connectivity index (χ4v) is 2.58. The minimum Gasteiger partial charge on any atom is -0.464 e. The summed E-state index contributed by atoms with van der Waals surface area (Å²) in [6.45, 7) is 2.10. The molecule has 0 aliphatic rings. The molecule has 20 heavy (non-hydrogen) atoms. The van der Waals surface area contributed by atoms with Gasteiger partial charge in [-0.15, -0.1) is 0 Å². The third-order valence-corrected chi connectivity index (χ3v) is 3.63. The van der Waals surface area contributed by atoms with Crippen LogP contribution in [-0.2, 0) is 6.42 Å². The molecule has 102 valence electrons. The number of aromatic nitrogens is 1. The number of benzene rings is 1. The third-order valence-electron chi connectivity index (χ3n) is 3.63. The Morgan fingerprint density at radius 2 is 2.10 bits per heavy atom. The van der Waals surface area contributed by atoms with Gasteiger partial charge in [0.1, 0.15) is 11.5 Å². The summed E-state index contributed by atoms with van der Waals surface area (Å²) >= 11 is 0. The molecule has 0 aliphatic heterocycles. The van der Waals surface area contributed by atoms with Crippen LogP contribution in [0.15, 0.2) is 53.2 Å². The van der Waals surface area contributed by atoms with Gasteiger partial charge in [-0.3, -0.25) is 4.98 Å². The Morgan fingerprint density at radius 1 is 1.20 bits per heavy atom. The number of rotatable bonds is 4. The first-order valence-electron chi connectivity index (χ1n) is 6.92. The second-order valence-corrected chi connectivity index (χ2v) is 4.82. The summed E-state index contributed by atoms with van der Waals surface area (Å²) in [4.78, 5) is 4.25. The van der Waals surface area contributed by atoms with Gasteiger partial charge in [-0.05, 0) is 36.2 Å². The van der Waals surface area contributed by atoms with Crippen LogP contribution in [0.4, 0.5) is 0 Å². The van der Waals surface area contributed by atoms with Crippen LogP contribution in [0.5, 0.6) is 0 Å². The third kappa shape index (κ3) is 2.21. The summed E-state index contributed by atoms with van der Waals surface area (Å²) in [5.41, 5.74) is 1.19. The lowest BCUT2D eigenvalue weighted by atomic mass is 9.99. The van der Waals surface area contributed by atoms with Crippen molar-refractivity contribution in [1.29, 1.82) is 0 Å². The molecular formula is C17H18N2O. The number of nitrogens with zero attached hydrogens (tertiary/aromatic N) is 1. The van der Waals surface area contributed by atoms with E-state index in [1.165, 1.54) is 10.9 Å². The van der Waals surface area contributed by atoms with Gasteiger partial charge in [-0.25, -0.2) is 0 Å². The van der Waals surface area contributed by atoms with E-state index in [1.54, 1.807) is 0 Å². The standard InChI is InChI=1S/C17H18N2O/c1-3-13-7-8-16(20-13)17(18-2)14-6-4-5-12-9-10-19-11-15(12)14/h4-11,17-18H,3H2,1-2H3. The minimum absolute atomic E-state index is 0.0446. The first kappa shape index (κ1) is 12.9. The molecule has 0 radical (unpaired) electrons. The molecule has 0 saturated carbocycles. The second kappa shape index (κ2) is 5.47. The number of pyridine rings is 1. The average Bonchev–Trinajstić information content (AvgIpc) is 2.97. The largest absolute Gasteiger partial charge is 0.464 e. The van der Waals surface area contributed by atoms with Gasteiger partial charge >= 0.3 is 0 Å². The lowest BCUT2D eigenvalue weighted by Gasteiger charge is -2.16. The zero-order valence-electron chi connectivity index (χ0n) is 11.8. The Hall–Kier alpha value is -2.13. The number of hydrogen-bond donors (Lipinski definition) is 1. The normalized spacial score (nSPS) is 12.7. The Labute approximate surface area is 118 Å². The maximum absolute atomic E-state index is 5.91. The van der Waals surface area contributed by atoms with Gasteiger partial charge < -0.3 is 9.73 Å². The molecule has 0 amide bonds. The molecule has 3 aromatic rings. The smallest absolute Gasteiger partial charge is 0.125 e. The zero-order valence-corrected chi connectivity index (χ0v) is 11.8. The number of nitrogens with one attached hydrogen (secondary N) is 1. The van der Waals surface area contributed by atoms with Crippen LogP contribution < -0.4 is 5.32 Å². The van der Waals surface area contributed by atoms with Crippen LogP contribution in [-0.4, -0.2) is 12.0 Å². The molecule has 1 aromatic carbocycles. The van der Waals surface area contributed by atoms with Crippen LogP contribution in [0.25, 0.3) is 10.8 Å². The summed E-state index contributed by atoms with van der Waals surface area (Å²) in [6, 6.07) is 12.5. The Balaban J connectivity index is 2.11. The van der Waals surface area contributed by atoms with E-state index in [0.717, 1.165) is 23.3 Å². The zero-order chi connectivity index (χ0) is 13.9. The highest BCUT2D eigenvalue weighted by Crippen LogP contribution is 2.29. The minimum atomic E-state index is 0.0446. The van der Waals surface area contributed by atoms with E-state index in [0.29, 0.717) is 0 Å². The van der Waals surface area contributed by atoms with Gasteiger partial charge in [0.15, 0.2) is 0 Å². The van der Waals surface area contributed by atoms with Gasteiger partial charge in [-0.1, -0.05) is 25.1 Å². The van der Waals surface area contributed by atoms with Gasteiger partial charge in [0.2, 0.25) is 0 Å². The van der Waals surface area contributed by atoms with Crippen molar-refractivity contribution in [2.75, 3.05) is 7.05 Å². The van der Waals surface area contributed by atoms with Gasteiger partial charge in [0.25, 0.3) is 0 Å². The van der Waals surface area contributed by atoms with E-state index in [9.17, 15) is 0 Å². The van der Waals surface area contributed by atoms with Crippen LogP contribution in [0.1, 0.15) is 30.0 Å². The van der Waals surface area contributed by atoms with Gasteiger partial charge in [0.05, 0.1) is 6.04 Å². The van der Waals surface area contributed by atoms with Crippen molar-refractivity contribution in [2.45, 2.75) is 19.4 Å². The lowest BCUT2D eigenvalue weighted by Crippen LogP contribution is -2.17. The Kier molecular flexibility index (Phi) is 3.52. The molecule has 3 heteroatoms. The van der Waals surface area contributed by atoms with Crippen molar-refractivity contribution in [3.8, 4) is 0 Å². The lowest BCUT2D eigenvalue weighted by molar-refractivity contribution is 0.435. The van der Waals surface area contributed by atoms with Crippen molar-refractivity contribution >= 4 is 10.8 Å². The summed E-state index contributed by atoms with van der Waals surface area (Å²) in [7, 11) is 1.95. The highest BCUT2D eigenvalue weighted by Gasteiger charge is 2.18. The van der Waals surface area contributed by atoms with E-state index < -0.39 is 0 Å². The molecule has 3 nitrogen and oxygen atoms in total. The summed E-state index contributed by atoms with van der Waals surface area (Å²) in [5.74, 6) is 1.96. The summed E-state index contributed by atoms with van der Waals surface area (Å²) < 4.78 is 5.91. The molecule has 0 aliphatic carbocycles. The van der Waals surface area contributed by atoms with Gasteiger partial charge in [-0.2, -0.15) is 0 Å². The average molecular weight is 266 g/mol. The predicted octanol–water partition coefficient (Wildman–Crippen LogP) is 3.70. The molecule has 1 unspecified atom stereocenters. The van der Waals surface area contributed by atoms with Crippen molar-refractivity contribution in [1.82, 2.24) is 10.3 Å². The first-order valence-corrected chi connectivity index (χ1v) is 6.92. The summed E-state index contributed by atoms with van der Waals surface area (Å²) in [5, 5.41) is 5.69. The number of aryl methyl sites for hydroxylation is 1. The number of fused-ring (bicyclic) bond motifs is 1. The number of furan rings is 1. The fraction of sp³-hybridized carbons (Fsp3) is 0.235. The Morgan fingerprint density at radius 3 is 2.85 bits per heavy atom. The molecule has 1 N–H and O–H groups in total. The summed E-state index contributed by atoms with van der Waals surface area (Å²) in [6.07, 6.45) is 4.65. The molecule has 0 saturated heterocycles. The van der Waals surface area contributed by atoms with E-state index in [2.05, 4.69) is 41.5 Å². The second-order valence-electron chi connectivity index (χ2n) is 4.82. The SMILES string of the molecule is CCc1ccc(C(NC)c2cccc3ccncc23)o1. The highest BCUT2D eigenvalue weighted by atomic mass is 16.3. The molecule has 2 aromatic heterocycles. The first-order chi connectivity index (χ1) is 9.83. The maximum Gasteiger partial charge on any atom is 0.125 e. The van der Waals surface area contributed by atoms with Crippen LogP contribution in [0, 0.1) is 0 Å². The van der Waals surface area contributed by atoms with Crippen molar-refractivity contribution in [3.63, 3.8) is 0 Å². The monoisotopic (exact) mass is 266 g/mol. The van der Waals surface area contributed by atoms with E-state index >= 15 is 0 Å². The molecule has 0 bridgehead atoms. The molecular weight excluding hydrogens is 248 g/mol. The van der Waals surface area contributed by atoms with Gasteiger partial charge in [0, 0.05) is 24.2 Å². The predicted molar refractivity (Wildman–Crippen MR) is 80.7 cm³/mol. The van der Waals surface area contributed by atoms with Crippen molar-refractivity contribution in [3.05, 3.63) is 65.9 Å². The highest BCUT2D eigenvalue weighted by molar-refractivity contribution is 5.85. The quantitative estimate of drug-likeness (QED) is 0.782. The van der Waals surface area contributed by atoms with Crippen LogP contribution in [0.2, 0.25) is 0 Å². The van der Waals surface area contributed by atoms with Crippen molar-refractivity contribution < 1.29 is 4.42 Å². The number of hydrogen-bond acceptors (Lipinski definition) is 3. The molecule has 1 atom stereocenters. The van der Waals surface area contributed by atoms with E-state index in [4.69, 9.17) is 4.42 Å². The Bertz CT molecular complexity index is 712. The molecule has 2 heterocycles. The van der Waals surface area contributed by atoms with Crippen molar-refractivity contribution in [2.24, 2.45) is 0 Å². The fourth-order valence-electron chi connectivity index (χ4n) is 2.58. The maximum atomic E-state index is 5.91. The molecule has 3 rings (SSSR count). The molecule has 0 spiro atoms. The van der Waals surface area contributed by atoms with E-state index in [1.807, 2.05) is 31.6 Å². The van der Waals surface area contributed by atoms with Crippen LogP contribution in [0.3, 0.4) is 0 Å².